The number of aliphatic carboxylic acids is 1. The molecule has 1 amide bonds. The van der Waals surface area contributed by atoms with Crippen molar-refractivity contribution >= 4 is 11.9 Å². The third kappa shape index (κ3) is 4.17. The predicted octanol–water partition coefficient (Wildman–Crippen LogP) is -1.94. The Kier molecular flexibility index (Phi) is 7.01. The van der Waals surface area contributed by atoms with Crippen molar-refractivity contribution in [3.63, 3.8) is 0 Å². The first-order valence-corrected chi connectivity index (χ1v) is 1.42. The van der Waals surface area contributed by atoms with E-state index in [1.807, 2.05) is 0 Å². The number of amides is 1. The molecule has 0 aliphatic heterocycles. The van der Waals surface area contributed by atoms with E-state index in [0.717, 1.165) is 0 Å². The minimum absolute atomic E-state index is 0. The first-order valence-electron chi connectivity index (χ1n) is 1.42. The molecule has 0 unspecified atom stereocenters. The number of carboxylic acids is 1. The number of rotatable bonds is 0. The number of hydrogen-bond acceptors (Lipinski definition) is 3. The molecular weight excluding hydrogens is 189 g/mol. The van der Waals surface area contributed by atoms with Crippen molar-refractivity contribution in [2.45, 2.75) is 0 Å². The van der Waals surface area contributed by atoms with Crippen molar-refractivity contribution in [1.29, 1.82) is 0 Å². The summed E-state index contributed by atoms with van der Waals surface area (Å²) in [6.45, 7) is 0. The summed E-state index contributed by atoms with van der Waals surface area (Å²) in [4.78, 5) is 19.1. The molecule has 0 fully saturated rings. The van der Waals surface area contributed by atoms with Crippen molar-refractivity contribution < 1.29 is 47.4 Å². The molecule has 4 N–H and O–H groups in total. The van der Waals surface area contributed by atoms with Crippen LogP contribution >= 0.6 is 0 Å². The molecule has 1 radical (unpaired) electrons. The number of nitrogens with two attached hydrogens (primary N) is 1. The molecule has 0 aromatic rings. The summed E-state index contributed by atoms with van der Waals surface area (Å²) < 4.78 is 0. The van der Waals surface area contributed by atoms with Crippen LogP contribution in [0, 0.1) is 0 Å². The molecule has 0 rings (SSSR count). The number of carboxylic acid groups (broad SMARTS) is 1. The second-order valence-electron chi connectivity index (χ2n) is 0.779. The van der Waals surface area contributed by atoms with E-state index >= 15 is 0 Å². The summed E-state index contributed by atoms with van der Waals surface area (Å²) in [5.41, 5.74) is 1.43. The van der Waals surface area contributed by atoms with Crippen LogP contribution < -0.4 is 11.3 Å². The van der Waals surface area contributed by atoms with Gasteiger partial charge in [-0.15, -0.1) is 0 Å². The molecule has 0 aliphatic rings. The van der Waals surface area contributed by atoms with E-state index in [9.17, 15) is 9.59 Å². The third-order valence-corrected chi connectivity index (χ3v) is 0.325. The van der Waals surface area contributed by atoms with Crippen LogP contribution in [0.1, 0.15) is 0 Å². The van der Waals surface area contributed by atoms with Gasteiger partial charge >= 0.3 is 11.9 Å². The van der Waals surface area contributed by atoms with Gasteiger partial charge in [0, 0.05) is 32.7 Å². The van der Waals surface area contributed by atoms with Gasteiger partial charge < -0.3 is 5.11 Å². The van der Waals surface area contributed by atoms with Gasteiger partial charge in [0.1, 0.15) is 0 Å². The van der Waals surface area contributed by atoms with E-state index in [1.54, 1.807) is 0 Å². The second kappa shape index (κ2) is 5.15. The smallest absolute Gasteiger partial charge is 0.395 e. The van der Waals surface area contributed by atoms with E-state index in [1.165, 1.54) is 5.43 Å². The Labute approximate surface area is 70.5 Å². The molecule has 5 nitrogen and oxygen atoms in total. The molecule has 43 valence electrons. The molecule has 0 heterocycles. The van der Waals surface area contributed by atoms with E-state index < -0.39 is 11.9 Å². The number of hydrazine groups is 1. The summed E-state index contributed by atoms with van der Waals surface area (Å²) in [5, 5.41) is 7.69. The minimum atomic E-state index is -1.58. The van der Waals surface area contributed by atoms with Crippen molar-refractivity contribution in [3.05, 3.63) is 0 Å². The summed E-state index contributed by atoms with van der Waals surface area (Å²) in [6, 6.07) is 0. The fraction of sp³-hybridized carbons (Fsp3) is 0. The van der Waals surface area contributed by atoms with Gasteiger partial charge in [-0.3, -0.25) is 10.2 Å². The molecule has 0 aromatic heterocycles. The molecule has 0 saturated heterocycles. The van der Waals surface area contributed by atoms with Crippen LogP contribution in [0.2, 0.25) is 0 Å². The van der Waals surface area contributed by atoms with Gasteiger partial charge in [0.05, 0.1) is 0 Å². The molecule has 0 aromatic carbocycles. The first kappa shape index (κ1) is 10.9. The van der Waals surface area contributed by atoms with Crippen LogP contribution in [-0.4, -0.2) is 17.0 Å². The topological polar surface area (TPSA) is 92.4 Å². The number of carbonyl (C=O) groups is 2. The Hall–Kier alpha value is 0.00390. The van der Waals surface area contributed by atoms with Crippen molar-refractivity contribution in [1.82, 2.24) is 5.43 Å². The summed E-state index contributed by atoms with van der Waals surface area (Å²) in [6.07, 6.45) is 0. The predicted molar refractivity (Wildman–Crippen MR) is 20.0 cm³/mol. The molecule has 0 spiro atoms. The van der Waals surface area contributed by atoms with Crippen LogP contribution in [0.25, 0.3) is 0 Å². The zero-order valence-electron chi connectivity index (χ0n) is 3.92. The number of carbonyl (C=O) groups excluding carboxylic acids is 1. The van der Waals surface area contributed by atoms with Gasteiger partial charge in [0.15, 0.2) is 0 Å². The zero-order chi connectivity index (χ0) is 5.86. The quantitative estimate of drug-likeness (QED) is 0.180. The molecule has 8 heavy (non-hydrogen) atoms. The molecule has 0 bridgehead atoms. The molecular formula is C2H4N2O3Y. The monoisotopic (exact) mass is 193 g/mol. The van der Waals surface area contributed by atoms with Crippen molar-refractivity contribution in [3.8, 4) is 0 Å². The zero-order valence-corrected chi connectivity index (χ0v) is 6.76. The van der Waals surface area contributed by atoms with Gasteiger partial charge in [0.2, 0.25) is 0 Å². The maximum atomic E-state index is 9.68. The fourth-order valence-corrected chi connectivity index (χ4v) is 0.0617. The minimum Gasteiger partial charge on any atom is -0.474 e. The van der Waals surface area contributed by atoms with E-state index in [-0.39, 0.29) is 32.7 Å². The molecule has 0 saturated carbocycles. The largest absolute Gasteiger partial charge is 0.474 e. The van der Waals surface area contributed by atoms with Gasteiger partial charge in [-0.05, 0) is 0 Å². The molecule has 0 aliphatic carbocycles. The summed E-state index contributed by atoms with van der Waals surface area (Å²) in [5.74, 6) is 1.60. The standard InChI is InChI=1S/C2H4N2O3.Y/c3-4-1(5)2(6)7;/h3H2,(H,4,5)(H,6,7);. The molecule has 0 atom stereocenters. The van der Waals surface area contributed by atoms with E-state index in [4.69, 9.17) is 5.11 Å². The normalized spacial score (nSPS) is 6.62. The van der Waals surface area contributed by atoms with Crippen LogP contribution in [-0.2, 0) is 42.3 Å². The van der Waals surface area contributed by atoms with Gasteiger partial charge in [-0.2, -0.15) is 0 Å². The Morgan fingerprint density at radius 1 is 1.50 bits per heavy atom. The van der Waals surface area contributed by atoms with Gasteiger partial charge in [-0.25, -0.2) is 10.6 Å². The van der Waals surface area contributed by atoms with Crippen LogP contribution in [0.3, 0.4) is 0 Å². The van der Waals surface area contributed by atoms with Gasteiger partial charge in [-0.1, -0.05) is 0 Å². The average Bonchev–Trinajstić information content (AvgIpc) is 1.65. The van der Waals surface area contributed by atoms with E-state index in [2.05, 4.69) is 5.84 Å². The van der Waals surface area contributed by atoms with Crippen LogP contribution in [0.15, 0.2) is 0 Å². The Balaban J connectivity index is 0. The number of hydrogen-bond donors (Lipinski definition) is 3. The maximum Gasteiger partial charge on any atom is 0.395 e. The summed E-state index contributed by atoms with van der Waals surface area (Å²) >= 11 is 0. The Morgan fingerprint density at radius 2 is 1.88 bits per heavy atom. The average molecular weight is 193 g/mol. The SMILES string of the molecule is NNC(=O)C(=O)O.[Y]. The second-order valence-corrected chi connectivity index (χ2v) is 0.779. The summed E-state index contributed by atoms with van der Waals surface area (Å²) in [7, 11) is 0. The van der Waals surface area contributed by atoms with Crippen molar-refractivity contribution in [2.75, 3.05) is 0 Å². The number of nitrogens with one attached hydrogen (secondary N) is 1. The Morgan fingerprint density at radius 3 is 1.88 bits per heavy atom. The Bertz CT molecular complexity index is 103. The van der Waals surface area contributed by atoms with Gasteiger partial charge in [0.25, 0.3) is 0 Å². The van der Waals surface area contributed by atoms with E-state index in [0.29, 0.717) is 0 Å². The van der Waals surface area contributed by atoms with Crippen LogP contribution in [0.4, 0.5) is 0 Å². The third-order valence-electron chi connectivity index (χ3n) is 0.325. The maximum absolute atomic E-state index is 9.68. The van der Waals surface area contributed by atoms with Crippen molar-refractivity contribution in [2.24, 2.45) is 5.84 Å². The first-order chi connectivity index (χ1) is 3.18. The van der Waals surface area contributed by atoms with Crippen LogP contribution in [0.5, 0.6) is 0 Å². The molecule has 6 heteroatoms. The fourth-order valence-electron chi connectivity index (χ4n) is 0.0617.